The van der Waals surface area contributed by atoms with Gasteiger partial charge in [-0.2, -0.15) is 0 Å². The molecule has 0 bridgehead atoms. The fraction of sp³-hybridized carbons (Fsp3) is 0.462. The molecule has 0 aliphatic carbocycles. The number of hydrogen-bond donors (Lipinski definition) is 2. The Morgan fingerprint density at radius 1 is 1.35 bits per heavy atom. The van der Waals surface area contributed by atoms with E-state index in [0.717, 1.165) is 5.56 Å². The van der Waals surface area contributed by atoms with E-state index >= 15 is 0 Å². The zero-order valence-corrected chi connectivity index (χ0v) is 11.5. The van der Waals surface area contributed by atoms with Gasteiger partial charge in [-0.25, -0.2) is 0 Å². The maximum atomic E-state index is 11.3. The fourth-order valence-corrected chi connectivity index (χ4v) is 2.27. The fourth-order valence-electron chi connectivity index (χ4n) is 1.86. The third kappa shape index (κ3) is 3.01. The lowest BCUT2D eigenvalue weighted by molar-refractivity contribution is -0.148. The molecular weight excluding hydrogens is 234 g/mol. The summed E-state index contributed by atoms with van der Waals surface area (Å²) in [5.74, 6) is -0.800. The molecule has 1 unspecified atom stereocenters. The van der Waals surface area contributed by atoms with Gasteiger partial charge in [0.1, 0.15) is 0 Å². The van der Waals surface area contributed by atoms with Crippen molar-refractivity contribution in [3.05, 3.63) is 29.8 Å². The zero-order chi connectivity index (χ0) is 13.1. The summed E-state index contributed by atoms with van der Waals surface area (Å²) >= 11 is 1.67. The van der Waals surface area contributed by atoms with E-state index in [-0.39, 0.29) is 6.04 Å². The zero-order valence-electron chi connectivity index (χ0n) is 10.7. The third-order valence-corrected chi connectivity index (χ3v) is 3.75. The van der Waals surface area contributed by atoms with Gasteiger partial charge in [-0.05, 0) is 44.8 Å². The van der Waals surface area contributed by atoms with Crippen LogP contribution in [0.1, 0.15) is 25.5 Å². The van der Waals surface area contributed by atoms with Gasteiger partial charge in [0.2, 0.25) is 0 Å². The largest absolute Gasteiger partial charge is 0.481 e. The number of thioether (sulfide) groups is 1. The molecule has 1 aromatic rings. The van der Waals surface area contributed by atoms with Crippen LogP contribution in [0.15, 0.2) is 29.2 Å². The van der Waals surface area contributed by atoms with Crippen molar-refractivity contribution >= 4 is 17.7 Å². The predicted molar refractivity (Wildman–Crippen MR) is 71.4 cm³/mol. The highest BCUT2D eigenvalue weighted by Crippen LogP contribution is 2.33. The van der Waals surface area contributed by atoms with Crippen molar-refractivity contribution in [1.29, 1.82) is 0 Å². The number of carbonyl (C=O) groups is 1. The first-order valence-corrected chi connectivity index (χ1v) is 6.70. The first-order chi connectivity index (χ1) is 7.93. The molecule has 1 aromatic carbocycles. The second-order valence-electron chi connectivity index (χ2n) is 4.52. The standard InChI is InChI=1S/C13H19NO2S/c1-13(2,12(15)16)11(14-3)9-5-7-10(17-4)8-6-9/h5-8,11,14H,1-4H3,(H,15,16). The number of carboxylic acids is 1. The topological polar surface area (TPSA) is 49.3 Å². The molecule has 0 aliphatic heterocycles. The Hall–Kier alpha value is -1.00. The SMILES string of the molecule is CNC(c1ccc(SC)cc1)C(C)(C)C(=O)O. The van der Waals surface area contributed by atoms with E-state index in [2.05, 4.69) is 5.32 Å². The Morgan fingerprint density at radius 2 is 1.88 bits per heavy atom. The van der Waals surface area contributed by atoms with Gasteiger partial charge in [-0.1, -0.05) is 12.1 Å². The summed E-state index contributed by atoms with van der Waals surface area (Å²) in [5.41, 5.74) is 0.160. The van der Waals surface area contributed by atoms with E-state index < -0.39 is 11.4 Å². The Balaban J connectivity index is 3.05. The van der Waals surface area contributed by atoms with E-state index in [4.69, 9.17) is 0 Å². The lowest BCUT2D eigenvalue weighted by atomic mass is 9.80. The molecule has 0 radical (unpaired) electrons. The summed E-state index contributed by atoms with van der Waals surface area (Å²) in [6, 6.07) is 7.80. The van der Waals surface area contributed by atoms with Crippen LogP contribution in [0.4, 0.5) is 0 Å². The number of hydrogen-bond acceptors (Lipinski definition) is 3. The molecule has 0 spiro atoms. The maximum absolute atomic E-state index is 11.3. The van der Waals surface area contributed by atoms with Crippen molar-refractivity contribution in [3.63, 3.8) is 0 Å². The Morgan fingerprint density at radius 3 is 2.24 bits per heavy atom. The molecule has 17 heavy (non-hydrogen) atoms. The third-order valence-electron chi connectivity index (χ3n) is 3.01. The highest BCUT2D eigenvalue weighted by atomic mass is 32.2. The first-order valence-electron chi connectivity index (χ1n) is 5.48. The molecule has 1 rings (SSSR count). The highest BCUT2D eigenvalue weighted by molar-refractivity contribution is 7.98. The van der Waals surface area contributed by atoms with E-state index in [1.54, 1.807) is 32.7 Å². The van der Waals surface area contributed by atoms with E-state index in [1.807, 2.05) is 30.5 Å². The van der Waals surface area contributed by atoms with Gasteiger partial charge in [0.15, 0.2) is 0 Å². The van der Waals surface area contributed by atoms with Crippen molar-refractivity contribution in [3.8, 4) is 0 Å². The summed E-state index contributed by atoms with van der Waals surface area (Å²) in [6.07, 6.45) is 2.02. The van der Waals surface area contributed by atoms with Gasteiger partial charge in [0, 0.05) is 10.9 Å². The number of benzene rings is 1. The minimum atomic E-state index is -0.838. The number of nitrogens with one attached hydrogen (secondary N) is 1. The lowest BCUT2D eigenvalue weighted by Crippen LogP contribution is -2.38. The van der Waals surface area contributed by atoms with Crippen LogP contribution in [-0.2, 0) is 4.79 Å². The molecule has 3 nitrogen and oxygen atoms in total. The van der Waals surface area contributed by atoms with Crippen LogP contribution in [0, 0.1) is 5.41 Å². The average molecular weight is 253 g/mol. The van der Waals surface area contributed by atoms with E-state index in [1.165, 1.54) is 4.90 Å². The molecule has 0 amide bonds. The second kappa shape index (κ2) is 5.56. The quantitative estimate of drug-likeness (QED) is 0.792. The molecule has 0 saturated carbocycles. The van der Waals surface area contributed by atoms with Gasteiger partial charge in [0.25, 0.3) is 0 Å². The van der Waals surface area contributed by atoms with Crippen molar-refractivity contribution in [1.82, 2.24) is 5.32 Å². The smallest absolute Gasteiger partial charge is 0.311 e. The molecule has 1 atom stereocenters. The Kier molecular flexibility index (Phi) is 4.60. The summed E-state index contributed by atoms with van der Waals surface area (Å²) < 4.78 is 0. The minimum absolute atomic E-state index is 0.198. The molecule has 4 heteroatoms. The summed E-state index contributed by atoms with van der Waals surface area (Å²) in [5, 5.41) is 12.4. The van der Waals surface area contributed by atoms with Crippen molar-refractivity contribution < 1.29 is 9.90 Å². The van der Waals surface area contributed by atoms with Crippen LogP contribution >= 0.6 is 11.8 Å². The van der Waals surface area contributed by atoms with E-state index in [9.17, 15) is 9.90 Å². The van der Waals surface area contributed by atoms with Gasteiger partial charge < -0.3 is 10.4 Å². The maximum Gasteiger partial charge on any atom is 0.311 e. The molecule has 2 N–H and O–H groups in total. The molecule has 94 valence electrons. The van der Waals surface area contributed by atoms with Crippen LogP contribution < -0.4 is 5.32 Å². The Bertz CT molecular complexity index is 387. The van der Waals surface area contributed by atoms with Crippen molar-refractivity contribution in [2.75, 3.05) is 13.3 Å². The second-order valence-corrected chi connectivity index (χ2v) is 5.40. The highest BCUT2D eigenvalue weighted by Gasteiger charge is 2.36. The van der Waals surface area contributed by atoms with Crippen LogP contribution in [0.25, 0.3) is 0 Å². The molecule has 0 aromatic heterocycles. The monoisotopic (exact) mass is 253 g/mol. The lowest BCUT2D eigenvalue weighted by Gasteiger charge is -2.30. The van der Waals surface area contributed by atoms with Gasteiger partial charge in [-0.3, -0.25) is 4.79 Å². The molecular formula is C13H19NO2S. The van der Waals surface area contributed by atoms with Crippen LogP contribution in [0.5, 0.6) is 0 Å². The summed E-state index contributed by atoms with van der Waals surface area (Å²) in [7, 11) is 1.79. The van der Waals surface area contributed by atoms with Crippen LogP contribution in [0.2, 0.25) is 0 Å². The molecule has 0 aliphatic rings. The van der Waals surface area contributed by atoms with Crippen LogP contribution in [-0.4, -0.2) is 24.4 Å². The minimum Gasteiger partial charge on any atom is -0.481 e. The molecule has 0 heterocycles. The summed E-state index contributed by atoms with van der Waals surface area (Å²) in [6.45, 7) is 3.47. The predicted octanol–water partition coefficient (Wildman–Crippen LogP) is 2.78. The molecule has 0 saturated heterocycles. The number of rotatable bonds is 5. The number of aliphatic carboxylic acids is 1. The molecule has 0 fully saturated rings. The van der Waals surface area contributed by atoms with Crippen LogP contribution in [0.3, 0.4) is 0 Å². The average Bonchev–Trinajstić information content (AvgIpc) is 2.30. The normalized spacial score (nSPS) is 13.4. The van der Waals surface area contributed by atoms with Crippen molar-refractivity contribution in [2.45, 2.75) is 24.8 Å². The van der Waals surface area contributed by atoms with Gasteiger partial charge >= 0.3 is 5.97 Å². The summed E-state index contributed by atoms with van der Waals surface area (Å²) in [4.78, 5) is 12.5. The number of carboxylic acid groups (broad SMARTS) is 1. The van der Waals surface area contributed by atoms with Gasteiger partial charge in [0.05, 0.1) is 5.41 Å². The van der Waals surface area contributed by atoms with Gasteiger partial charge in [-0.15, -0.1) is 11.8 Å². The van der Waals surface area contributed by atoms with E-state index in [0.29, 0.717) is 0 Å². The van der Waals surface area contributed by atoms with Crippen molar-refractivity contribution in [2.24, 2.45) is 5.41 Å². The Labute approximate surface area is 107 Å². The first kappa shape index (κ1) is 14.1.